The highest BCUT2D eigenvalue weighted by Gasteiger charge is 2.39. The van der Waals surface area contributed by atoms with Crippen LogP contribution in [0.5, 0.6) is 5.75 Å². The van der Waals surface area contributed by atoms with E-state index in [4.69, 9.17) is 9.84 Å². The van der Waals surface area contributed by atoms with Crippen molar-refractivity contribution in [1.82, 2.24) is 0 Å². The van der Waals surface area contributed by atoms with Gasteiger partial charge in [-0.15, -0.1) is 0 Å². The minimum absolute atomic E-state index is 0.0683. The second-order valence-electron chi connectivity index (χ2n) is 4.32. The highest BCUT2D eigenvalue weighted by molar-refractivity contribution is 5.69. The number of methoxy groups -OCH3 is 1. The van der Waals surface area contributed by atoms with Gasteiger partial charge in [-0.3, -0.25) is 4.79 Å². The number of ether oxygens (including phenoxy) is 1. The maximum atomic E-state index is 14.0. The lowest BCUT2D eigenvalue weighted by Gasteiger charge is -2.22. The molecule has 1 aromatic carbocycles. The summed E-state index contributed by atoms with van der Waals surface area (Å²) in [5.74, 6) is -4.92. The van der Waals surface area contributed by atoms with Gasteiger partial charge >= 0.3 is 5.97 Å². The second kappa shape index (κ2) is 4.92. The van der Waals surface area contributed by atoms with Gasteiger partial charge in [-0.05, 0) is 37.5 Å². The van der Waals surface area contributed by atoms with E-state index in [-0.39, 0.29) is 11.3 Å². The fourth-order valence-electron chi connectivity index (χ4n) is 2.04. The van der Waals surface area contributed by atoms with Crippen molar-refractivity contribution >= 4 is 5.97 Å². The second-order valence-corrected chi connectivity index (χ2v) is 4.32. The van der Waals surface area contributed by atoms with Crippen molar-refractivity contribution < 1.29 is 23.4 Å². The van der Waals surface area contributed by atoms with Crippen LogP contribution in [0.1, 0.15) is 28.7 Å². The van der Waals surface area contributed by atoms with E-state index in [9.17, 15) is 13.6 Å². The van der Waals surface area contributed by atoms with Gasteiger partial charge in [-0.2, -0.15) is 0 Å². The molecule has 18 heavy (non-hydrogen) atoms. The third-order valence-electron chi connectivity index (χ3n) is 2.93. The first-order chi connectivity index (χ1) is 8.20. The normalized spacial score (nSPS) is 11.4. The van der Waals surface area contributed by atoms with E-state index in [1.165, 1.54) is 14.0 Å². The van der Waals surface area contributed by atoms with E-state index in [1.54, 1.807) is 19.9 Å². The molecule has 0 spiro atoms. The van der Waals surface area contributed by atoms with E-state index in [0.29, 0.717) is 11.1 Å². The highest BCUT2D eigenvalue weighted by atomic mass is 19.3. The van der Waals surface area contributed by atoms with Gasteiger partial charge < -0.3 is 9.84 Å². The SMILES string of the molecule is COc1c(C)c(C)cc(C)c1C(F)(F)CC(=O)O. The largest absolute Gasteiger partial charge is 0.496 e. The lowest BCUT2D eigenvalue weighted by atomic mass is 9.93. The molecule has 0 aliphatic rings. The van der Waals surface area contributed by atoms with E-state index >= 15 is 0 Å². The molecule has 1 N–H and O–H groups in total. The van der Waals surface area contributed by atoms with Crippen molar-refractivity contribution in [2.24, 2.45) is 0 Å². The highest BCUT2D eigenvalue weighted by Crippen LogP contribution is 2.42. The Labute approximate surface area is 104 Å². The number of hydrogen-bond donors (Lipinski definition) is 1. The number of hydrogen-bond acceptors (Lipinski definition) is 2. The fourth-order valence-corrected chi connectivity index (χ4v) is 2.04. The lowest BCUT2D eigenvalue weighted by molar-refractivity contribution is -0.145. The molecule has 0 heterocycles. The maximum absolute atomic E-state index is 14.0. The molecule has 1 rings (SSSR count). The number of carbonyl (C=O) groups is 1. The quantitative estimate of drug-likeness (QED) is 0.902. The average Bonchev–Trinajstić information content (AvgIpc) is 2.20. The predicted molar refractivity (Wildman–Crippen MR) is 63.4 cm³/mol. The van der Waals surface area contributed by atoms with Crippen molar-refractivity contribution in [3.8, 4) is 5.75 Å². The van der Waals surface area contributed by atoms with Gasteiger partial charge in [0.2, 0.25) is 0 Å². The Morgan fingerprint density at radius 1 is 1.33 bits per heavy atom. The molecule has 0 fully saturated rings. The molecule has 0 saturated carbocycles. The van der Waals surface area contributed by atoms with E-state index in [0.717, 1.165) is 5.56 Å². The van der Waals surface area contributed by atoms with Gasteiger partial charge in [0.25, 0.3) is 5.92 Å². The summed E-state index contributed by atoms with van der Waals surface area (Å²) in [5.41, 5.74) is 1.43. The number of carboxylic acids is 1. The zero-order valence-electron chi connectivity index (χ0n) is 10.8. The van der Waals surface area contributed by atoms with Crippen LogP contribution >= 0.6 is 0 Å². The Morgan fingerprint density at radius 2 is 1.89 bits per heavy atom. The summed E-state index contributed by atoms with van der Waals surface area (Å²) in [5, 5.41) is 8.57. The number of halogens is 2. The van der Waals surface area contributed by atoms with Gasteiger partial charge in [0.1, 0.15) is 12.2 Å². The van der Waals surface area contributed by atoms with Crippen molar-refractivity contribution in [1.29, 1.82) is 0 Å². The summed E-state index contributed by atoms with van der Waals surface area (Å²) < 4.78 is 33.0. The molecule has 0 radical (unpaired) electrons. The number of aliphatic carboxylic acids is 1. The molecule has 0 amide bonds. The first-order valence-corrected chi connectivity index (χ1v) is 5.45. The van der Waals surface area contributed by atoms with E-state index < -0.39 is 18.3 Å². The number of aryl methyl sites for hydroxylation is 2. The minimum atomic E-state index is -3.44. The molecule has 0 aromatic heterocycles. The molecule has 0 bridgehead atoms. The number of alkyl halides is 2. The molecule has 1 aromatic rings. The minimum Gasteiger partial charge on any atom is -0.496 e. The Hall–Kier alpha value is -1.65. The third-order valence-corrected chi connectivity index (χ3v) is 2.93. The molecule has 0 aliphatic carbocycles. The predicted octanol–water partition coefficient (Wildman–Crippen LogP) is 3.19. The molecule has 5 heteroatoms. The summed E-state index contributed by atoms with van der Waals surface area (Å²) in [4.78, 5) is 10.5. The molecule has 0 atom stereocenters. The number of carboxylic acid groups (broad SMARTS) is 1. The van der Waals surface area contributed by atoms with Crippen molar-refractivity contribution in [2.45, 2.75) is 33.1 Å². The monoisotopic (exact) mass is 258 g/mol. The van der Waals surface area contributed by atoms with Crippen LogP contribution in [0.25, 0.3) is 0 Å². The fraction of sp³-hybridized carbons (Fsp3) is 0.462. The van der Waals surface area contributed by atoms with Crippen molar-refractivity contribution in [3.63, 3.8) is 0 Å². The summed E-state index contributed by atoms with van der Waals surface area (Å²) in [6.07, 6.45) is -1.24. The summed E-state index contributed by atoms with van der Waals surface area (Å²) >= 11 is 0. The Morgan fingerprint density at radius 3 is 2.33 bits per heavy atom. The molecular formula is C13H16F2O3. The van der Waals surface area contributed by atoms with Crippen LogP contribution in [0, 0.1) is 20.8 Å². The topological polar surface area (TPSA) is 46.5 Å². The molecule has 100 valence electrons. The van der Waals surface area contributed by atoms with Crippen LogP contribution in [-0.2, 0) is 10.7 Å². The van der Waals surface area contributed by atoms with Gasteiger partial charge in [0.15, 0.2) is 0 Å². The van der Waals surface area contributed by atoms with Gasteiger partial charge in [-0.1, -0.05) is 6.07 Å². The maximum Gasteiger partial charge on any atom is 0.309 e. The van der Waals surface area contributed by atoms with Crippen LogP contribution in [0.2, 0.25) is 0 Å². The first-order valence-electron chi connectivity index (χ1n) is 5.45. The number of rotatable bonds is 4. The molecule has 0 aliphatic heterocycles. The van der Waals surface area contributed by atoms with E-state index in [2.05, 4.69) is 0 Å². The van der Waals surface area contributed by atoms with Gasteiger partial charge in [-0.25, -0.2) is 8.78 Å². The van der Waals surface area contributed by atoms with Crippen molar-refractivity contribution in [3.05, 3.63) is 28.3 Å². The average molecular weight is 258 g/mol. The Balaban J connectivity index is 3.48. The standard InChI is InChI=1S/C13H16F2O3/c1-7-5-8(2)11(12(18-4)9(7)3)13(14,15)6-10(16)17/h5H,6H2,1-4H3,(H,16,17). The zero-order valence-corrected chi connectivity index (χ0v) is 10.8. The van der Waals surface area contributed by atoms with Crippen LogP contribution in [-0.4, -0.2) is 18.2 Å². The molecule has 0 saturated heterocycles. The lowest BCUT2D eigenvalue weighted by Crippen LogP contribution is -2.21. The smallest absolute Gasteiger partial charge is 0.309 e. The van der Waals surface area contributed by atoms with Crippen LogP contribution in [0.4, 0.5) is 8.78 Å². The van der Waals surface area contributed by atoms with Crippen molar-refractivity contribution in [2.75, 3.05) is 7.11 Å². The van der Waals surface area contributed by atoms with Crippen LogP contribution in [0.3, 0.4) is 0 Å². The van der Waals surface area contributed by atoms with Gasteiger partial charge in [0, 0.05) is 0 Å². The van der Waals surface area contributed by atoms with Gasteiger partial charge in [0.05, 0.1) is 12.7 Å². The number of benzene rings is 1. The van der Waals surface area contributed by atoms with Crippen LogP contribution < -0.4 is 4.74 Å². The van der Waals surface area contributed by atoms with Crippen LogP contribution in [0.15, 0.2) is 6.07 Å². The Bertz CT molecular complexity index is 482. The summed E-state index contributed by atoms with van der Waals surface area (Å²) in [7, 11) is 1.31. The molecule has 0 unspecified atom stereocenters. The molecule has 3 nitrogen and oxygen atoms in total. The summed E-state index contributed by atoms with van der Waals surface area (Å²) in [6.45, 7) is 5.00. The third kappa shape index (κ3) is 2.60. The first kappa shape index (κ1) is 14.4. The zero-order chi connectivity index (χ0) is 14.1. The molecular weight excluding hydrogens is 242 g/mol. The summed E-state index contributed by atoms with van der Waals surface area (Å²) in [6, 6.07) is 1.61. The Kier molecular flexibility index (Phi) is 3.94. The van der Waals surface area contributed by atoms with E-state index in [1.807, 2.05) is 0 Å².